The van der Waals surface area contributed by atoms with E-state index in [1.165, 1.54) is 24.7 Å². The number of carbonyl (C=O) groups is 1. The van der Waals surface area contributed by atoms with E-state index >= 15 is 0 Å². The summed E-state index contributed by atoms with van der Waals surface area (Å²) in [4.78, 5) is 15.9. The van der Waals surface area contributed by atoms with Gasteiger partial charge >= 0.3 is 5.97 Å². The quantitative estimate of drug-likeness (QED) is 0.711. The van der Waals surface area contributed by atoms with Gasteiger partial charge < -0.3 is 9.15 Å². The van der Waals surface area contributed by atoms with Gasteiger partial charge in [-0.15, -0.1) is 11.3 Å². The van der Waals surface area contributed by atoms with Crippen LogP contribution in [0, 0.1) is 0 Å². The van der Waals surface area contributed by atoms with Gasteiger partial charge in [-0.3, -0.25) is 0 Å². The predicted octanol–water partition coefficient (Wildman–Crippen LogP) is 2.19. The number of nitrogens with zero attached hydrogens (tertiary/aromatic N) is 1. The van der Waals surface area contributed by atoms with Crippen molar-refractivity contribution in [3.8, 4) is 10.8 Å². The van der Waals surface area contributed by atoms with Crippen LogP contribution >= 0.6 is 11.3 Å². The molecule has 14 heavy (non-hydrogen) atoms. The Kier molecular flexibility index (Phi) is 2.32. The Morgan fingerprint density at radius 1 is 1.64 bits per heavy atom. The minimum atomic E-state index is -0.489. The van der Waals surface area contributed by atoms with Gasteiger partial charge in [0.15, 0.2) is 5.69 Å². The smallest absolute Gasteiger partial charge is 0.360 e. The number of rotatable bonds is 2. The van der Waals surface area contributed by atoms with Crippen molar-refractivity contribution in [3.05, 3.63) is 29.5 Å². The van der Waals surface area contributed by atoms with E-state index in [9.17, 15) is 4.79 Å². The summed E-state index contributed by atoms with van der Waals surface area (Å²) in [5, 5.41) is 1.91. The van der Waals surface area contributed by atoms with E-state index in [4.69, 9.17) is 4.42 Å². The molecule has 2 aromatic heterocycles. The van der Waals surface area contributed by atoms with Crippen LogP contribution < -0.4 is 0 Å². The molecule has 0 radical (unpaired) electrons. The van der Waals surface area contributed by atoms with Crippen LogP contribution in [0.1, 0.15) is 10.5 Å². The zero-order chi connectivity index (χ0) is 9.97. The second-order valence-electron chi connectivity index (χ2n) is 2.51. The van der Waals surface area contributed by atoms with Crippen LogP contribution in [0.25, 0.3) is 10.8 Å². The van der Waals surface area contributed by atoms with Crippen LogP contribution in [0.5, 0.6) is 0 Å². The highest BCUT2D eigenvalue weighted by Crippen LogP contribution is 2.23. The summed E-state index contributed by atoms with van der Waals surface area (Å²) in [6.07, 6.45) is 1.29. The third-order valence-corrected chi connectivity index (χ3v) is 2.49. The Balaban J connectivity index is 2.31. The molecule has 0 spiro atoms. The number of methoxy groups -OCH3 is 1. The lowest BCUT2D eigenvalue weighted by Crippen LogP contribution is -2.00. The van der Waals surface area contributed by atoms with Gasteiger partial charge in [0.1, 0.15) is 6.26 Å². The third kappa shape index (κ3) is 1.54. The lowest BCUT2D eigenvalue weighted by Gasteiger charge is -1.89. The highest BCUT2D eigenvalue weighted by atomic mass is 32.1. The molecular formula is C9H7NO3S. The number of esters is 1. The van der Waals surface area contributed by atoms with Crippen LogP contribution in [0.15, 0.2) is 28.2 Å². The molecule has 2 heterocycles. The van der Waals surface area contributed by atoms with Gasteiger partial charge in [-0.25, -0.2) is 9.78 Å². The van der Waals surface area contributed by atoms with Crippen molar-refractivity contribution in [2.24, 2.45) is 0 Å². The van der Waals surface area contributed by atoms with E-state index in [2.05, 4.69) is 9.72 Å². The summed E-state index contributed by atoms with van der Waals surface area (Å²) >= 11 is 1.50. The monoisotopic (exact) mass is 209 g/mol. The van der Waals surface area contributed by atoms with E-state index in [0.29, 0.717) is 5.89 Å². The van der Waals surface area contributed by atoms with Gasteiger partial charge in [0.2, 0.25) is 5.89 Å². The lowest BCUT2D eigenvalue weighted by molar-refractivity contribution is 0.0594. The number of ether oxygens (including phenoxy) is 1. The maximum absolute atomic E-state index is 11.1. The predicted molar refractivity (Wildman–Crippen MR) is 51.2 cm³/mol. The van der Waals surface area contributed by atoms with Gasteiger partial charge in [0.25, 0.3) is 0 Å². The molecular weight excluding hydrogens is 202 g/mol. The summed E-state index contributed by atoms with van der Waals surface area (Å²) in [7, 11) is 1.31. The molecule has 0 saturated heterocycles. The topological polar surface area (TPSA) is 52.3 Å². The molecule has 0 aromatic carbocycles. The molecule has 0 atom stereocenters. The maximum Gasteiger partial charge on any atom is 0.360 e. The summed E-state index contributed by atoms with van der Waals surface area (Å²) in [5.41, 5.74) is 0.191. The second kappa shape index (κ2) is 3.63. The Hall–Kier alpha value is -1.62. The van der Waals surface area contributed by atoms with E-state index in [0.717, 1.165) is 4.88 Å². The van der Waals surface area contributed by atoms with Gasteiger partial charge in [0.05, 0.1) is 12.0 Å². The van der Waals surface area contributed by atoms with Crippen molar-refractivity contribution in [2.75, 3.05) is 7.11 Å². The van der Waals surface area contributed by atoms with Crippen LogP contribution in [0.2, 0.25) is 0 Å². The largest absolute Gasteiger partial charge is 0.464 e. The molecule has 5 heteroatoms. The second-order valence-corrected chi connectivity index (χ2v) is 3.45. The minimum absolute atomic E-state index is 0.191. The summed E-state index contributed by atoms with van der Waals surface area (Å²) in [6.45, 7) is 0. The Labute approximate surface area is 84.1 Å². The Morgan fingerprint density at radius 3 is 3.14 bits per heavy atom. The third-order valence-electron chi connectivity index (χ3n) is 1.63. The molecule has 0 aliphatic carbocycles. The first kappa shape index (κ1) is 8.96. The first-order chi connectivity index (χ1) is 6.81. The van der Waals surface area contributed by atoms with E-state index in [-0.39, 0.29) is 5.69 Å². The number of hydrogen-bond donors (Lipinski definition) is 0. The molecule has 0 fully saturated rings. The average molecular weight is 209 g/mol. The van der Waals surface area contributed by atoms with Crippen LogP contribution in [-0.4, -0.2) is 18.1 Å². The van der Waals surface area contributed by atoms with Crippen molar-refractivity contribution in [2.45, 2.75) is 0 Å². The van der Waals surface area contributed by atoms with Gasteiger partial charge in [-0.05, 0) is 11.4 Å². The molecule has 4 nitrogen and oxygen atoms in total. The molecule has 0 unspecified atom stereocenters. The standard InChI is InChI=1S/C9H7NO3S/c1-12-9(11)6-5-13-8(10-6)7-3-2-4-14-7/h2-5H,1H3. The maximum atomic E-state index is 11.1. The molecule has 72 valence electrons. The lowest BCUT2D eigenvalue weighted by atomic mass is 10.4. The summed E-state index contributed by atoms with van der Waals surface area (Å²) < 4.78 is 9.64. The van der Waals surface area contributed by atoms with Crippen LogP contribution in [0.4, 0.5) is 0 Å². The summed E-state index contributed by atoms with van der Waals surface area (Å²) in [5.74, 6) is -0.0445. The highest BCUT2D eigenvalue weighted by molar-refractivity contribution is 7.13. The number of thiophene rings is 1. The zero-order valence-electron chi connectivity index (χ0n) is 7.39. The first-order valence-electron chi connectivity index (χ1n) is 3.89. The van der Waals surface area contributed by atoms with Crippen LogP contribution in [-0.2, 0) is 4.74 Å². The highest BCUT2D eigenvalue weighted by Gasteiger charge is 2.13. The van der Waals surface area contributed by atoms with Crippen molar-refractivity contribution >= 4 is 17.3 Å². The first-order valence-corrected chi connectivity index (χ1v) is 4.77. The fraction of sp³-hybridized carbons (Fsp3) is 0.111. The van der Waals surface area contributed by atoms with Crippen molar-refractivity contribution < 1.29 is 13.9 Å². The van der Waals surface area contributed by atoms with E-state index in [1.807, 2.05) is 17.5 Å². The van der Waals surface area contributed by atoms with Gasteiger partial charge in [-0.1, -0.05) is 6.07 Å². The van der Waals surface area contributed by atoms with Crippen molar-refractivity contribution in [1.82, 2.24) is 4.98 Å². The summed E-state index contributed by atoms with van der Waals surface area (Å²) in [6, 6.07) is 3.76. The van der Waals surface area contributed by atoms with E-state index in [1.54, 1.807) is 0 Å². The Bertz CT molecular complexity index is 433. The van der Waals surface area contributed by atoms with Crippen LogP contribution in [0.3, 0.4) is 0 Å². The average Bonchev–Trinajstić information content (AvgIpc) is 2.86. The van der Waals surface area contributed by atoms with Gasteiger partial charge in [0, 0.05) is 0 Å². The number of oxazole rings is 1. The molecule has 0 bridgehead atoms. The molecule has 0 amide bonds. The molecule has 0 aliphatic rings. The molecule has 2 aromatic rings. The molecule has 0 saturated carbocycles. The van der Waals surface area contributed by atoms with Crippen molar-refractivity contribution in [3.63, 3.8) is 0 Å². The van der Waals surface area contributed by atoms with Crippen molar-refractivity contribution in [1.29, 1.82) is 0 Å². The number of aromatic nitrogens is 1. The Morgan fingerprint density at radius 2 is 2.50 bits per heavy atom. The number of carbonyl (C=O) groups excluding carboxylic acids is 1. The van der Waals surface area contributed by atoms with Gasteiger partial charge in [-0.2, -0.15) is 0 Å². The SMILES string of the molecule is COC(=O)c1coc(-c2cccs2)n1. The number of hydrogen-bond acceptors (Lipinski definition) is 5. The normalized spacial score (nSPS) is 10.1. The van der Waals surface area contributed by atoms with E-state index < -0.39 is 5.97 Å². The minimum Gasteiger partial charge on any atom is -0.464 e. The fourth-order valence-corrected chi connectivity index (χ4v) is 1.64. The molecule has 0 aliphatic heterocycles. The molecule has 0 N–H and O–H groups in total. The molecule has 2 rings (SSSR count). The fourth-order valence-electron chi connectivity index (χ4n) is 0.985. The zero-order valence-corrected chi connectivity index (χ0v) is 8.21.